The van der Waals surface area contributed by atoms with Crippen molar-refractivity contribution in [3.05, 3.63) is 176 Å². The predicted octanol–water partition coefficient (Wildman–Crippen LogP) is 6.62. The summed E-state index contributed by atoms with van der Waals surface area (Å²) in [6, 6.07) is 58.5. The van der Waals surface area contributed by atoms with Crippen molar-refractivity contribution < 1.29 is 0 Å². The van der Waals surface area contributed by atoms with E-state index in [0.29, 0.717) is 0 Å². The fourth-order valence-electron chi connectivity index (χ4n) is 6.66. The second-order valence-electron chi connectivity index (χ2n) is 11.1. The molecule has 8 rings (SSSR count). The van der Waals surface area contributed by atoms with E-state index in [4.69, 9.17) is 9.97 Å². The van der Waals surface area contributed by atoms with Gasteiger partial charge in [0.25, 0.3) is 0 Å². The molecule has 0 saturated heterocycles. The van der Waals surface area contributed by atoms with Gasteiger partial charge in [-0.2, -0.15) is 0 Å². The van der Waals surface area contributed by atoms with E-state index in [-0.39, 0.29) is 0 Å². The van der Waals surface area contributed by atoms with E-state index in [1.165, 1.54) is 37.4 Å². The maximum absolute atomic E-state index is 5.25. The van der Waals surface area contributed by atoms with Crippen LogP contribution >= 0.6 is 0 Å². The van der Waals surface area contributed by atoms with Crippen LogP contribution in [0.4, 0.5) is 0 Å². The summed E-state index contributed by atoms with van der Waals surface area (Å²) in [6.45, 7) is 0. The smallest absolute Gasteiger partial charge is 0.203 e. The molecule has 0 saturated carbocycles. The SMILES string of the molecule is c1ccc(-c2cnc([Si](c3ccccc3)(c3ccccc3)c3ccc4c(c3)c3ccccc3n4-c3ccccc3)cn2)cc1. The molecule has 0 fully saturated rings. The van der Waals surface area contributed by atoms with Gasteiger partial charge in [0.1, 0.15) is 0 Å². The van der Waals surface area contributed by atoms with Crippen molar-refractivity contribution in [3.8, 4) is 16.9 Å². The average molecular weight is 580 g/mol. The molecule has 2 aromatic heterocycles. The first-order valence-electron chi connectivity index (χ1n) is 14.9. The van der Waals surface area contributed by atoms with Crippen LogP contribution in [-0.2, 0) is 0 Å². The zero-order chi connectivity index (χ0) is 29.3. The lowest BCUT2D eigenvalue weighted by Gasteiger charge is -2.33. The number of aromatic nitrogens is 3. The lowest BCUT2D eigenvalue weighted by atomic mass is 10.1. The molecule has 0 unspecified atom stereocenters. The molecular formula is C40H29N3Si. The molecule has 0 amide bonds. The number of hydrogen-bond donors (Lipinski definition) is 0. The Morgan fingerprint density at radius 3 is 1.64 bits per heavy atom. The number of fused-ring (bicyclic) bond motifs is 3. The van der Waals surface area contributed by atoms with Gasteiger partial charge in [-0.3, -0.25) is 9.97 Å². The van der Waals surface area contributed by atoms with E-state index < -0.39 is 8.07 Å². The molecule has 6 aromatic carbocycles. The summed E-state index contributed by atoms with van der Waals surface area (Å²) in [4.78, 5) is 10.3. The van der Waals surface area contributed by atoms with Gasteiger partial charge < -0.3 is 4.57 Å². The van der Waals surface area contributed by atoms with E-state index >= 15 is 0 Å². The highest BCUT2D eigenvalue weighted by Gasteiger charge is 2.43. The third-order valence-electron chi connectivity index (χ3n) is 8.64. The fraction of sp³-hybridized carbons (Fsp3) is 0. The molecule has 0 aliphatic rings. The minimum Gasteiger partial charge on any atom is -0.309 e. The number of rotatable bonds is 6. The van der Waals surface area contributed by atoms with E-state index in [1.54, 1.807) is 0 Å². The van der Waals surface area contributed by atoms with Gasteiger partial charge in [-0.25, -0.2) is 0 Å². The molecule has 0 bridgehead atoms. The van der Waals surface area contributed by atoms with Gasteiger partial charge in [0.15, 0.2) is 0 Å². The Morgan fingerprint density at radius 1 is 0.432 bits per heavy atom. The van der Waals surface area contributed by atoms with Gasteiger partial charge in [0, 0.05) is 28.2 Å². The highest BCUT2D eigenvalue weighted by molar-refractivity contribution is 7.19. The van der Waals surface area contributed by atoms with Crippen molar-refractivity contribution in [2.75, 3.05) is 0 Å². The number of para-hydroxylation sites is 2. The molecule has 4 heteroatoms. The van der Waals surface area contributed by atoms with Gasteiger partial charge in [0.05, 0.1) is 28.2 Å². The van der Waals surface area contributed by atoms with E-state index in [9.17, 15) is 0 Å². The third kappa shape index (κ3) is 4.19. The van der Waals surface area contributed by atoms with E-state index in [1.807, 2.05) is 30.6 Å². The molecule has 3 nitrogen and oxygen atoms in total. The number of nitrogens with zero attached hydrogens (tertiary/aromatic N) is 3. The molecule has 208 valence electrons. The summed E-state index contributed by atoms with van der Waals surface area (Å²) in [5.41, 5.74) is 5.48. The third-order valence-corrected chi connectivity index (χ3v) is 13.2. The summed E-state index contributed by atoms with van der Waals surface area (Å²) < 4.78 is 2.37. The van der Waals surface area contributed by atoms with Gasteiger partial charge >= 0.3 is 0 Å². The van der Waals surface area contributed by atoms with Crippen LogP contribution in [0.2, 0.25) is 0 Å². The van der Waals surface area contributed by atoms with Crippen molar-refractivity contribution in [1.82, 2.24) is 14.5 Å². The van der Waals surface area contributed by atoms with Gasteiger partial charge in [-0.15, -0.1) is 0 Å². The van der Waals surface area contributed by atoms with Gasteiger partial charge in [-0.05, 0) is 39.8 Å². The Morgan fingerprint density at radius 2 is 1.00 bits per heavy atom. The van der Waals surface area contributed by atoms with Crippen LogP contribution in [0.15, 0.2) is 176 Å². The zero-order valence-electron chi connectivity index (χ0n) is 24.1. The van der Waals surface area contributed by atoms with Crippen LogP contribution in [0.5, 0.6) is 0 Å². The number of hydrogen-bond acceptors (Lipinski definition) is 2. The van der Waals surface area contributed by atoms with E-state index in [0.717, 1.165) is 22.3 Å². The average Bonchev–Trinajstić information content (AvgIpc) is 3.44. The minimum absolute atomic E-state index is 0.875. The molecule has 8 aromatic rings. The lowest BCUT2D eigenvalue weighted by molar-refractivity contribution is 1.18. The summed E-state index contributed by atoms with van der Waals surface area (Å²) >= 11 is 0. The summed E-state index contributed by atoms with van der Waals surface area (Å²) in [5.74, 6) is 0. The predicted molar refractivity (Wildman–Crippen MR) is 185 cm³/mol. The largest absolute Gasteiger partial charge is 0.309 e. The maximum atomic E-state index is 5.25. The first-order valence-corrected chi connectivity index (χ1v) is 16.9. The summed E-state index contributed by atoms with van der Waals surface area (Å²) in [6.07, 6.45) is 3.96. The van der Waals surface area contributed by atoms with Crippen LogP contribution in [0.3, 0.4) is 0 Å². The minimum atomic E-state index is -2.88. The first kappa shape index (κ1) is 26.1. The second-order valence-corrected chi connectivity index (χ2v) is 14.8. The van der Waals surface area contributed by atoms with Crippen molar-refractivity contribution in [1.29, 1.82) is 0 Å². The first-order chi connectivity index (χ1) is 21.8. The van der Waals surface area contributed by atoms with E-state index in [2.05, 4.69) is 150 Å². The van der Waals surface area contributed by atoms with Crippen molar-refractivity contribution in [3.63, 3.8) is 0 Å². The van der Waals surface area contributed by atoms with Crippen LogP contribution in [0, 0.1) is 0 Å². The quantitative estimate of drug-likeness (QED) is 0.164. The van der Waals surface area contributed by atoms with Crippen LogP contribution in [0.1, 0.15) is 0 Å². The monoisotopic (exact) mass is 579 g/mol. The van der Waals surface area contributed by atoms with Crippen molar-refractivity contribution in [2.24, 2.45) is 0 Å². The van der Waals surface area contributed by atoms with Gasteiger partial charge in [-0.1, -0.05) is 140 Å². The normalized spacial score (nSPS) is 11.6. The van der Waals surface area contributed by atoms with Gasteiger partial charge in [0.2, 0.25) is 8.07 Å². The fourth-order valence-corrected chi connectivity index (χ4v) is 11.1. The molecule has 2 heterocycles. The van der Waals surface area contributed by atoms with Crippen molar-refractivity contribution in [2.45, 2.75) is 0 Å². The summed E-state index contributed by atoms with van der Waals surface area (Å²) in [7, 11) is -2.88. The highest BCUT2D eigenvalue weighted by Crippen LogP contribution is 2.31. The second kappa shape index (κ2) is 10.9. The van der Waals surface area contributed by atoms with Crippen LogP contribution < -0.4 is 20.9 Å². The topological polar surface area (TPSA) is 30.7 Å². The Labute approximate surface area is 257 Å². The summed E-state index contributed by atoms with van der Waals surface area (Å²) in [5, 5.41) is 7.32. The number of benzene rings is 6. The van der Waals surface area contributed by atoms with Crippen LogP contribution in [0.25, 0.3) is 38.8 Å². The molecule has 0 radical (unpaired) electrons. The molecule has 44 heavy (non-hydrogen) atoms. The Bertz CT molecular complexity index is 2150. The maximum Gasteiger partial charge on any atom is 0.203 e. The Balaban J connectivity index is 1.44. The lowest BCUT2D eigenvalue weighted by Crippen LogP contribution is -2.75. The standard InChI is InChI=1S/C40H29N3Si/c1-5-15-30(16-6-1)37-28-42-40(29-41-37)44(32-19-9-3-10-20-32,33-21-11-4-12-22-33)34-25-26-39-36(27-34)35-23-13-14-24-38(35)43(39)31-17-7-2-8-18-31/h1-29H. The molecule has 0 N–H and O–H groups in total. The Kier molecular flexibility index (Phi) is 6.47. The zero-order valence-corrected chi connectivity index (χ0v) is 25.1. The molecule has 0 spiro atoms. The highest BCUT2D eigenvalue weighted by atomic mass is 28.3. The molecule has 0 aliphatic carbocycles. The van der Waals surface area contributed by atoms with Crippen LogP contribution in [-0.4, -0.2) is 22.6 Å². The molecular weight excluding hydrogens is 551 g/mol. The molecule has 0 atom stereocenters. The van der Waals surface area contributed by atoms with Crippen molar-refractivity contribution >= 4 is 50.8 Å². The Hall–Kier alpha value is -5.58. The molecule has 0 aliphatic heterocycles.